The predicted molar refractivity (Wildman–Crippen MR) is 46.7 cm³/mol. The molecule has 0 rings (SSSR count). The Hall–Kier alpha value is -1.31. The number of halogens is 3. The average molecular weight is 243 g/mol. The van der Waals surface area contributed by atoms with E-state index in [1.54, 1.807) is 6.92 Å². The summed E-state index contributed by atoms with van der Waals surface area (Å²) in [4.78, 5) is 21.5. The van der Waals surface area contributed by atoms with Gasteiger partial charge in [0.1, 0.15) is 0 Å². The van der Waals surface area contributed by atoms with Gasteiger partial charge in [-0.05, 0) is 6.92 Å². The van der Waals surface area contributed by atoms with Crippen LogP contribution in [-0.4, -0.2) is 54.4 Å². The highest BCUT2D eigenvalue weighted by atomic mass is 19.4. The number of aliphatic carboxylic acids is 1. The van der Waals surface area contributed by atoms with Crippen molar-refractivity contribution in [2.45, 2.75) is 19.1 Å². The Balaban J connectivity index is 4.68. The number of hydrogen-bond acceptors (Lipinski definition) is 3. The molecule has 0 saturated heterocycles. The molecular weight excluding hydrogens is 231 g/mol. The predicted octanol–water partition coefficient (Wildman–Crippen LogP) is 0.497. The van der Waals surface area contributed by atoms with Crippen LogP contribution < -0.4 is 0 Å². The highest BCUT2D eigenvalue weighted by Crippen LogP contribution is 2.19. The monoisotopic (exact) mass is 243 g/mol. The Morgan fingerprint density at radius 1 is 1.44 bits per heavy atom. The Morgan fingerprint density at radius 3 is 2.25 bits per heavy atom. The van der Waals surface area contributed by atoms with Crippen LogP contribution in [0.1, 0.15) is 6.92 Å². The highest BCUT2D eigenvalue weighted by molar-refractivity contribution is 5.86. The topological polar surface area (TPSA) is 66.8 Å². The van der Waals surface area contributed by atoms with Crippen LogP contribution in [0.15, 0.2) is 0 Å². The van der Waals surface area contributed by atoms with Crippen molar-refractivity contribution in [1.29, 1.82) is 0 Å². The molecular formula is C8H12F3NO4. The SMILES string of the molecule is CCOCC(C(=O)O)N(C)C(=O)C(F)(F)F. The zero-order valence-corrected chi connectivity index (χ0v) is 8.74. The van der Waals surface area contributed by atoms with E-state index in [0.29, 0.717) is 0 Å². The van der Waals surface area contributed by atoms with Crippen LogP contribution in [0.25, 0.3) is 0 Å². The number of likely N-dealkylation sites (N-methyl/N-ethyl adjacent to an activating group) is 1. The van der Waals surface area contributed by atoms with Crippen molar-refractivity contribution >= 4 is 11.9 Å². The van der Waals surface area contributed by atoms with Crippen molar-refractivity contribution in [2.24, 2.45) is 0 Å². The molecule has 0 aromatic carbocycles. The third kappa shape index (κ3) is 4.05. The van der Waals surface area contributed by atoms with Gasteiger partial charge in [0.2, 0.25) is 0 Å². The maximum Gasteiger partial charge on any atom is 0.471 e. The van der Waals surface area contributed by atoms with Crippen molar-refractivity contribution in [1.82, 2.24) is 4.90 Å². The second kappa shape index (κ2) is 5.69. The van der Waals surface area contributed by atoms with Crippen molar-refractivity contribution in [3.63, 3.8) is 0 Å². The van der Waals surface area contributed by atoms with Crippen LogP contribution in [0.5, 0.6) is 0 Å². The van der Waals surface area contributed by atoms with Crippen LogP contribution in [0, 0.1) is 0 Å². The van der Waals surface area contributed by atoms with Crippen LogP contribution in [0.4, 0.5) is 13.2 Å². The summed E-state index contributed by atoms with van der Waals surface area (Å²) < 4.78 is 40.8. The lowest BCUT2D eigenvalue weighted by atomic mass is 10.2. The molecule has 0 aliphatic rings. The van der Waals surface area contributed by atoms with E-state index in [1.165, 1.54) is 0 Å². The summed E-state index contributed by atoms with van der Waals surface area (Å²) in [5.74, 6) is -3.76. The van der Waals surface area contributed by atoms with Crippen molar-refractivity contribution < 1.29 is 32.6 Å². The van der Waals surface area contributed by atoms with Gasteiger partial charge >= 0.3 is 18.1 Å². The summed E-state index contributed by atoms with van der Waals surface area (Å²) in [7, 11) is 0.771. The largest absolute Gasteiger partial charge is 0.480 e. The quantitative estimate of drug-likeness (QED) is 0.763. The molecule has 0 aromatic heterocycles. The summed E-state index contributed by atoms with van der Waals surface area (Å²) in [6.07, 6.45) is -5.09. The summed E-state index contributed by atoms with van der Waals surface area (Å²) in [6, 6.07) is -1.64. The lowest BCUT2D eigenvalue weighted by molar-refractivity contribution is -0.189. The van der Waals surface area contributed by atoms with Gasteiger partial charge in [0, 0.05) is 13.7 Å². The number of carbonyl (C=O) groups excluding carboxylic acids is 1. The zero-order valence-electron chi connectivity index (χ0n) is 8.74. The molecule has 0 saturated carbocycles. The first-order valence-corrected chi connectivity index (χ1v) is 4.36. The van der Waals surface area contributed by atoms with Crippen LogP contribution in [0.3, 0.4) is 0 Å². The van der Waals surface area contributed by atoms with Gasteiger partial charge in [0.15, 0.2) is 6.04 Å². The van der Waals surface area contributed by atoms with Crippen LogP contribution in [-0.2, 0) is 14.3 Å². The molecule has 0 aliphatic carbocycles. The van der Waals surface area contributed by atoms with E-state index in [4.69, 9.17) is 9.84 Å². The number of carboxylic acids is 1. The molecule has 1 unspecified atom stereocenters. The van der Waals surface area contributed by atoms with Gasteiger partial charge in [-0.15, -0.1) is 0 Å². The summed E-state index contributed by atoms with van der Waals surface area (Å²) in [6.45, 7) is 1.23. The molecule has 1 N–H and O–H groups in total. The third-order valence-corrected chi connectivity index (χ3v) is 1.80. The lowest BCUT2D eigenvalue weighted by Gasteiger charge is -2.25. The van der Waals surface area contributed by atoms with Gasteiger partial charge in [-0.25, -0.2) is 4.79 Å². The fraction of sp³-hybridized carbons (Fsp3) is 0.750. The molecule has 8 heteroatoms. The van der Waals surface area contributed by atoms with Gasteiger partial charge in [0.25, 0.3) is 0 Å². The van der Waals surface area contributed by atoms with Crippen molar-refractivity contribution in [2.75, 3.05) is 20.3 Å². The number of alkyl halides is 3. The normalized spacial score (nSPS) is 13.3. The fourth-order valence-corrected chi connectivity index (χ4v) is 0.920. The molecule has 5 nitrogen and oxygen atoms in total. The highest BCUT2D eigenvalue weighted by Gasteiger charge is 2.44. The minimum absolute atomic E-state index is 0.109. The van der Waals surface area contributed by atoms with Crippen molar-refractivity contribution in [3.05, 3.63) is 0 Å². The van der Waals surface area contributed by atoms with E-state index in [0.717, 1.165) is 7.05 Å². The van der Waals surface area contributed by atoms with E-state index >= 15 is 0 Å². The Morgan fingerprint density at radius 2 is 1.94 bits per heavy atom. The van der Waals surface area contributed by atoms with Gasteiger partial charge in [-0.3, -0.25) is 4.79 Å². The molecule has 16 heavy (non-hydrogen) atoms. The molecule has 0 fully saturated rings. The third-order valence-electron chi connectivity index (χ3n) is 1.80. The molecule has 0 bridgehead atoms. The summed E-state index contributed by atoms with van der Waals surface area (Å²) in [5.41, 5.74) is 0. The summed E-state index contributed by atoms with van der Waals surface area (Å²) in [5, 5.41) is 8.64. The van der Waals surface area contributed by atoms with E-state index in [2.05, 4.69) is 0 Å². The number of nitrogens with zero attached hydrogens (tertiary/aromatic N) is 1. The van der Waals surface area contributed by atoms with Gasteiger partial charge in [0.05, 0.1) is 6.61 Å². The maximum atomic E-state index is 12.0. The fourth-order valence-electron chi connectivity index (χ4n) is 0.920. The molecule has 94 valence electrons. The van der Waals surface area contributed by atoms with Crippen LogP contribution in [0.2, 0.25) is 0 Å². The number of amides is 1. The minimum atomic E-state index is -5.09. The Labute approximate surface area is 89.8 Å². The molecule has 1 atom stereocenters. The number of ether oxygens (including phenoxy) is 1. The summed E-state index contributed by atoms with van der Waals surface area (Å²) >= 11 is 0. The second-order valence-electron chi connectivity index (χ2n) is 2.93. The number of rotatable bonds is 5. The number of carboxylic acid groups (broad SMARTS) is 1. The Bertz CT molecular complexity index is 266. The zero-order chi connectivity index (χ0) is 12.9. The first-order chi connectivity index (χ1) is 7.21. The van der Waals surface area contributed by atoms with Gasteiger partial charge in [-0.1, -0.05) is 0 Å². The van der Waals surface area contributed by atoms with Gasteiger partial charge < -0.3 is 14.7 Å². The van der Waals surface area contributed by atoms with Crippen molar-refractivity contribution in [3.8, 4) is 0 Å². The maximum absolute atomic E-state index is 12.0. The minimum Gasteiger partial charge on any atom is -0.480 e. The molecule has 0 spiro atoms. The van der Waals surface area contributed by atoms with E-state index in [1.807, 2.05) is 0 Å². The molecule has 1 amide bonds. The number of hydrogen-bond donors (Lipinski definition) is 1. The van der Waals surface area contributed by atoms with Crippen LogP contribution >= 0.6 is 0 Å². The molecule has 0 aliphatic heterocycles. The van der Waals surface area contributed by atoms with E-state index < -0.39 is 30.7 Å². The first kappa shape index (κ1) is 14.7. The van der Waals surface area contributed by atoms with E-state index in [9.17, 15) is 22.8 Å². The molecule has 0 aromatic rings. The van der Waals surface area contributed by atoms with Gasteiger partial charge in [-0.2, -0.15) is 13.2 Å². The smallest absolute Gasteiger partial charge is 0.471 e. The Kier molecular flexibility index (Phi) is 5.22. The first-order valence-electron chi connectivity index (χ1n) is 4.36. The van der Waals surface area contributed by atoms with E-state index in [-0.39, 0.29) is 11.5 Å². The standard InChI is InChI=1S/C8H12F3NO4/c1-3-16-4-5(6(13)14)12(2)7(15)8(9,10)11/h5H,3-4H2,1-2H3,(H,13,14). The molecule has 0 radical (unpaired) electrons. The average Bonchev–Trinajstić information content (AvgIpc) is 2.15. The lowest BCUT2D eigenvalue weighted by Crippen LogP contribution is -2.50. The number of carbonyl (C=O) groups is 2. The molecule has 0 heterocycles. The second-order valence-corrected chi connectivity index (χ2v) is 2.93.